The number of pyridine rings is 1. The van der Waals surface area contributed by atoms with Gasteiger partial charge in [0, 0.05) is 24.1 Å². The summed E-state index contributed by atoms with van der Waals surface area (Å²) in [6.07, 6.45) is 1.64. The summed E-state index contributed by atoms with van der Waals surface area (Å²) >= 11 is 0. The summed E-state index contributed by atoms with van der Waals surface area (Å²) in [6, 6.07) is 6.39. The van der Waals surface area contributed by atoms with Gasteiger partial charge < -0.3 is 14.4 Å². The zero-order valence-corrected chi connectivity index (χ0v) is 9.51. The maximum absolute atomic E-state index is 11.8. The van der Waals surface area contributed by atoms with E-state index >= 15 is 0 Å². The predicted molar refractivity (Wildman–Crippen MR) is 66.6 cm³/mol. The van der Waals surface area contributed by atoms with Crippen LogP contribution in [0.5, 0.6) is 11.5 Å². The number of ether oxygens (including phenoxy) is 1. The third kappa shape index (κ3) is 1.89. The Kier molecular flexibility index (Phi) is 2.87. The molecule has 0 saturated heterocycles. The standard InChI is InChI=1S/C13H13NO3/c1-3-6-14-11-7-9(17-2)4-5-10(11)12(15)8-13(14)16/h3-5,7-8,15H,1,6H2,2H3. The van der Waals surface area contributed by atoms with E-state index in [0.29, 0.717) is 23.2 Å². The maximum Gasteiger partial charge on any atom is 0.255 e. The second kappa shape index (κ2) is 4.33. The largest absolute Gasteiger partial charge is 0.507 e. The number of hydrogen-bond donors (Lipinski definition) is 1. The van der Waals surface area contributed by atoms with Gasteiger partial charge >= 0.3 is 0 Å². The molecule has 0 saturated carbocycles. The quantitative estimate of drug-likeness (QED) is 0.821. The number of fused-ring (bicyclic) bond motifs is 1. The Morgan fingerprint density at radius 1 is 1.47 bits per heavy atom. The lowest BCUT2D eigenvalue weighted by Gasteiger charge is -2.10. The van der Waals surface area contributed by atoms with Gasteiger partial charge in [-0.1, -0.05) is 6.08 Å². The normalized spacial score (nSPS) is 10.4. The van der Waals surface area contributed by atoms with Crippen LogP contribution in [0.1, 0.15) is 0 Å². The van der Waals surface area contributed by atoms with E-state index in [1.807, 2.05) is 0 Å². The Morgan fingerprint density at radius 2 is 2.24 bits per heavy atom. The van der Waals surface area contributed by atoms with Gasteiger partial charge in [-0.25, -0.2) is 0 Å². The molecular formula is C13H13NO3. The minimum absolute atomic E-state index is 0.0204. The smallest absolute Gasteiger partial charge is 0.255 e. The molecule has 88 valence electrons. The van der Waals surface area contributed by atoms with Crippen LogP contribution in [0.2, 0.25) is 0 Å². The molecule has 0 atom stereocenters. The highest BCUT2D eigenvalue weighted by molar-refractivity contribution is 5.86. The van der Waals surface area contributed by atoms with Crippen molar-refractivity contribution in [1.29, 1.82) is 0 Å². The van der Waals surface area contributed by atoms with Gasteiger partial charge in [0.2, 0.25) is 0 Å². The fourth-order valence-corrected chi connectivity index (χ4v) is 1.79. The van der Waals surface area contributed by atoms with E-state index in [1.54, 1.807) is 31.4 Å². The van der Waals surface area contributed by atoms with E-state index in [4.69, 9.17) is 4.74 Å². The summed E-state index contributed by atoms with van der Waals surface area (Å²) in [5.41, 5.74) is 0.373. The minimum atomic E-state index is -0.261. The molecule has 0 bridgehead atoms. The fraction of sp³-hybridized carbons (Fsp3) is 0.154. The first-order chi connectivity index (χ1) is 8.17. The lowest BCUT2D eigenvalue weighted by molar-refractivity contribution is 0.415. The van der Waals surface area contributed by atoms with Crippen molar-refractivity contribution >= 4 is 10.9 Å². The van der Waals surface area contributed by atoms with Gasteiger partial charge in [0.05, 0.1) is 12.6 Å². The van der Waals surface area contributed by atoms with Crippen molar-refractivity contribution < 1.29 is 9.84 Å². The van der Waals surface area contributed by atoms with Gasteiger partial charge in [-0.15, -0.1) is 6.58 Å². The molecule has 17 heavy (non-hydrogen) atoms. The van der Waals surface area contributed by atoms with E-state index in [9.17, 15) is 9.90 Å². The lowest BCUT2D eigenvalue weighted by Crippen LogP contribution is -2.18. The van der Waals surface area contributed by atoms with E-state index < -0.39 is 0 Å². The van der Waals surface area contributed by atoms with Crippen molar-refractivity contribution in [2.75, 3.05) is 7.11 Å². The van der Waals surface area contributed by atoms with Crippen molar-refractivity contribution in [1.82, 2.24) is 4.57 Å². The van der Waals surface area contributed by atoms with E-state index in [-0.39, 0.29) is 11.3 Å². The zero-order chi connectivity index (χ0) is 12.4. The number of benzene rings is 1. The van der Waals surface area contributed by atoms with Crippen LogP contribution in [0.3, 0.4) is 0 Å². The molecule has 0 fully saturated rings. The Labute approximate surface area is 98.4 Å². The Balaban J connectivity index is 2.85. The molecule has 4 heteroatoms. The predicted octanol–water partition coefficient (Wildman–Crippen LogP) is 1.90. The molecule has 1 N–H and O–H groups in total. The molecule has 1 aromatic carbocycles. The molecule has 1 aromatic heterocycles. The van der Waals surface area contributed by atoms with Crippen LogP contribution in [0.25, 0.3) is 10.9 Å². The van der Waals surface area contributed by atoms with Gasteiger partial charge in [-0.05, 0) is 12.1 Å². The number of aromatic nitrogens is 1. The summed E-state index contributed by atoms with van der Waals surface area (Å²) in [7, 11) is 1.56. The molecule has 4 nitrogen and oxygen atoms in total. The zero-order valence-electron chi connectivity index (χ0n) is 9.51. The van der Waals surface area contributed by atoms with E-state index in [2.05, 4.69) is 6.58 Å². The number of allylic oxidation sites excluding steroid dienone is 1. The minimum Gasteiger partial charge on any atom is -0.507 e. The topological polar surface area (TPSA) is 51.5 Å². The first kappa shape index (κ1) is 11.3. The Hall–Kier alpha value is -2.23. The summed E-state index contributed by atoms with van der Waals surface area (Å²) in [5, 5.41) is 10.3. The number of hydrogen-bond acceptors (Lipinski definition) is 3. The third-order valence-electron chi connectivity index (χ3n) is 2.61. The van der Waals surface area contributed by atoms with Crippen LogP contribution in [0.4, 0.5) is 0 Å². The second-order valence-corrected chi connectivity index (χ2v) is 3.65. The van der Waals surface area contributed by atoms with Crippen LogP contribution in [-0.2, 0) is 6.54 Å². The molecule has 0 unspecified atom stereocenters. The summed E-state index contributed by atoms with van der Waals surface area (Å²) < 4.78 is 6.64. The molecule has 0 aliphatic heterocycles. The highest BCUT2D eigenvalue weighted by Gasteiger charge is 2.08. The van der Waals surface area contributed by atoms with Gasteiger partial charge in [-0.2, -0.15) is 0 Å². The van der Waals surface area contributed by atoms with Crippen molar-refractivity contribution in [3.8, 4) is 11.5 Å². The average molecular weight is 231 g/mol. The van der Waals surface area contributed by atoms with Crippen LogP contribution >= 0.6 is 0 Å². The third-order valence-corrected chi connectivity index (χ3v) is 2.61. The van der Waals surface area contributed by atoms with Crippen LogP contribution < -0.4 is 10.3 Å². The lowest BCUT2D eigenvalue weighted by atomic mass is 10.2. The molecule has 2 rings (SSSR count). The summed E-state index contributed by atoms with van der Waals surface area (Å²) in [5.74, 6) is 0.619. The Bertz CT molecular complexity index is 628. The van der Waals surface area contributed by atoms with Crippen molar-refractivity contribution in [2.45, 2.75) is 6.54 Å². The molecule has 0 aliphatic carbocycles. The van der Waals surface area contributed by atoms with Crippen molar-refractivity contribution in [3.63, 3.8) is 0 Å². The first-order valence-corrected chi connectivity index (χ1v) is 5.19. The number of methoxy groups -OCH3 is 1. The number of rotatable bonds is 3. The van der Waals surface area contributed by atoms with E-state index in [1.165, 1.54) is 10.6 Å². The van der Waals surface area contributed by atoms with Crippen molar-refractivity contribution in [3.05, 3.63) is 47.3 Å². The summed E-state index contributed by atoms with van der Waals surface area (Å²) in [6.45, 7) is 4.01. The van der Waals surface area contributed by atoms with Crippen LogP contribution in [0, 0.1) is 0 Å². The molecule has 1 heterocycles. The highest BCUT2D eigenvalue weighted by Crippen LogP contribution is 2.26. The monoisotopic (exact) mass is 231 g/mol. The maximum atomic E-state index is 11.8. The Morgan fingerprint density at radius 3 is 2.88 bits per heavy atom. The van der Waals surface area contributed by atoms with Crippen LogP contribution in [0.15, 0.2) is 41.7 Å². The molecule has 0 aliphatic rings. The second-order valence-electron chi connectivity index (χ2n) is 3.65. The highest BCUT2D eigenvalue weighted by atomic mass is 16.5. The molecule has 2 aromatic rings. The van der Waals surface area contributed by atoms with Gasteiger partial charge in [0.15, 0.2) is 0 Å². The fourth-order valence-electron chi connectivity index (χ4n) is 1.79. The number of nitrogens with zero attached hydrogens (tertiary/aromatic N) is 1. The van der Waals surface area contributed by atoms with Gasteiger partial charge in [0.25, 0.3) is 5.56 Å². The SMILES string of the molecule is C=CCn1c(=O)cc(O)c2ccc(OC)cc21. The molecule has 0 amide bonds. The first-order valence-electron chi connectivity index (χ1n) is 5.19. The molecule has 0 spiro atoms. The van der Waals surface area contributed by atoms with Gasteiger partial charge in [0.1, 0.15) is 11.5 Å². The molecular weight excluding hydrogens is 218 g/mol. The molecule has 0 radical (unpaired) electrons. The summed E-state index contributed by atoms with van der Waals surface area (Å²) in [4.78, 5) is 11.8. The van der Waals surface area contributed by atoms with Crippen LogP contribution in [-0.4, -0.2) is 16.8 Å². The number of aromatic hydroxyl groups is 1. The van der Waals surface area contributed by atoms with Gasteiger partial charge in [-0.3, -0.25) is 4.79 Å². The van der Waals surface area contributed by atoms with E-state index in [0.717, 1.165) is 0 Å². The average Bonchev–Trinajstić information content (AvgIpc) is 2.33. The van der Waals surface area contributed by atoms with Crippen molar-refractivity contribution in [2.24, 2.45) is 0 Å².